The van der Waals surface area contributed by atoms with Gasteiger partial charge in [0.2, 0.25) is 0 Å². The van der Waals surface area contributed by atoms with Crippen LogP contribution in [0, 0.1) is 0 Å². The first-order valence-corrected chi connectivity index (χ1v) is 6.86. The van der Waals surface area contributed by atoms with Gasteiger partial charge in [-0.05, 0) is 19.1 Å². The van der Waals surface area contributed by atoms with Crippen molar-refractivity contribution in [3.63, 3.8) is 0 Å². The van der Waals surface area contributed by atoms with E-state index in [2.05, 4.69) is 6.58 Å². The zero-order chi connectivity index (χ0) is 17.6. The summed E-state index contributed by atoms with van der Waals surface area (Å²) in [7, 11) is 0. The molecule has 0 radical (unpaired) electrons. The van der Waals surface area contributed by atoms with E-state index in [0.29, 0.717) is 0 Å². The molecular formula is C16H18O7. The second kappa shape index (κ2) is 7.55. The Kier molecular flexibility index (Phi) is 6.03. The first-order valence-electron chi connectivity index (χ1n) is 6.86. The lowest BCUT2D eigenvalue weighted by atomic mass is 10.1. The molecule has 0 aliphatic rings. The summed E-state index contributed by atoms with van der Waals surface area (Å²) in [6.07, 6.45) is -0.505. The van der Waals surface area contributed by atoms with Gasteiger partial charge in [-0.3, -0.25) is 0 Å². The molecule has 2 atom stereocenters. The van der Waals surface area contributed by atoms with Crippen LogP contribution in [0.2, 0.25) is 0 Å². The van der Waals surface area contributed by atoms with Gasteiger partial charge >= 0.3 is 17.9 Å². The summed E-state index contributed by atoms with van der Waals surface area (Å²) < 4.78 is 10.1. The van der Waals surface area contributed by atoms with Crippen molar-refractivity contribution in [1.82, 2.24) is 0 Å². The van der Waals surface area contributed by atoms with Gasteiger partial charge in [-0.1, -0.05) is 25.6 Å². The number of aromatic carboxylic acids is 1. The summed E-state index contributed by atoms with van der Waals surface area (Å²) in [5.41, 5.74) is -0.476. The van der Waals surface area contributed by atoms with E-state index in [1.165, 1.54) is 31.2 Å². The molecule has 0 bridgehead atoms. The van der Waals surface area contributed by atoms with E-state index in [1.54, 1.807) is 6.92 Å². The Morgan fingerprint density at radius 1 is 1.26 bits per heavy atom. The Bertz CT molecular complexity index is 621. The summed E-state index contributed by atoms with van der Waals surface area (Å²) in [6, 6.07) is 5.43. The van der Waals surface area contributed by atoms with Crippen LogP contribution in [-0.4, -0.2) is 40.0 Å². The van der Waals surface area contributed by atoms with Crippen molar-refractivity contribution in [2.24, 2.45) is 0 Å². The third-order valence-corrected chi connectivity index (χ3v) is 3.21. The molecule has 1 rings (SSSR count). The molecule has 1 aromatic carbocycles. The molecule has 0 aliphatic carbocycles. The topological polar surface area (TPSA) is 110 Å². The van der Waals surface area contributed by atoms with Crippen molar-refractivity contribution in [2.45, 2.75) is 32.2 Å². The van der Waals surface area contributed by atoms with Gasteiger partial charge in [-0.15, -0.1) is 0 Å². The van der Waals surface area contributed by atoms with Gasteiger partial charge in [-0.2, -0.15) is 0 Å². The van der Waals surface area contributed by atoms with E-state index < -0.39 is 29.8 Å². The van der Waals surface area contributed by atoms with Gasteiger partial charge in [0.1, 0.15) is 6.10 Å². The van der Waals surface area contributed by atoms with Crippen LogP contribution in [0.15, 0.2) is 36.9 Å². The van der Waals surface area contributed by atoms with Crippen LogP contribution in [0.25, 0.3) is 0 Å². The van der Waals surface area contributed by atoms with E-state index in [0.717, 1.165) is 6.08 Å². The monoisotopic (exact) mass is 322 g/mol. The highest BCUT2D eigenvalue weighted by Crippen LogP contribution is 2.26. The number of esters is 2. The third kappa shape index (κ3) is 4.17. The predicted octanol–water partition coefficient (Wildman–Crippen LogP) is 1.76. The zero-order valence-corrected chi connectivity index (χ0v) is 12.8. The van der Waals surface area contributed by atoms with Crippen molar-refractivity contribution < 1.29 is 34.1 Å². The summed E-state index contributed by atoms with van der Waals surface area (Å²) in [5, 5.41) is 19.0. The summed E-state index contributed by atoms with van der Waals surface area (Å²) in [6.45, 7) is 6.07. The minimum atomic E-state index is -1.94. The number of carboxylic acids is 1. The first kappa shape index (κ1) is 18.4. The number of carbonyl (C=O) groups is 3. The second-order valence-corrected chi connectivity index (χ2v) is 4.71. The van der Waals surface area contributed by atoms with E-state index >= 15 is 0 Å². The number of hydrogen-bond acceptors (Lipinski definition) is 6. The average molecular weight is 322 g/mol. The Morgan fingerprint density at radius 3 is 2.26 bits per heavy atom. The summed E-state index contributed by atoms with van der Waals surface area (Å²) >= 11 is 0. The maximum absolute atomic E-state index is 12.3. The molecule has 0 saturated heterocycles. The number of aliphatic hydroxyl groups excluding tert-OH is 1. The molecular weight excluding hydrogens is 304 g/mol. The molecule has 0 aromatic heterocycles. The highest BCUT2D eigenvalue weighted by atomic mass is 16.7. The Balaban J connectivity index is 3.18. The van der Waals surface area contributed by atoms with Crippen molar-refractivity contribution >= 4 is 17.9 Å². The molecule has 7 nitrogen and oxygen atoms in total. The Hall–Kier alpha value is -2.67. The lowest BCUT2D eigenvalue weighted by Crippen LogP contribution is -2.48. The predicted molar refractivity (Wildman–Crippen MR) is 79.8 cm³/mol. The molecule has 0 heterocycles. The molecule has 0 fully saturated rings. The number of carboxylic acid groups (broad SMARTS) is 1. The van der Waals surface area contributed by atoms with Crippen molar-refractivity contribution in [1.29, 1.82) is 0 Å². The normalized spacial score (nSPS) is 14.2. The van der Waals surface area contributed by atoms with Gasteiger partial charge in [0.05, 0.1) is 11.1 Å². The van der Waals surface area contributed by atoms with E-state index in [-0.39, 0.29) is 17.5 Å². The molecule has 0 aliphatic heterocycles. The summed E-state index contributed by atoms with van der Waals surface area (Å²) in [5.74, 6) is -5.15. The van der Waals surface area contributed by atoms with Gasteiger partial charge < -0.3 is 19.7 Å². The minimum absolute atomic E-state index is 0.0365. The van der Waals surface area contributed by atoms with Crippen LogP contribution >= 0.6 is 0 Å². The summed E-state index contributed by atoms with van der Waals surface area (Å²) in [4.78, 5) is 34.9. The Labute approximate surface area is 133 Å². The zero-order valence-electron chi connectivity index (χ0n) is 12.8. The SMILES string of the molecule is C=CC(=O)OC(CC)(OC(=O)c1ccccc1C(=O)O)C(C)O. The van der Waals surface area contributed by atoms with Crippen LogP contribution in [0.4, 0.5) is 0 Å². The maximum atomic E-state index is 12.3. The first-order chi connectivity index (χ1) is 10.8. The number of carbonyl (C=O) groups excluding carboxylic acids is 2. The fourth-order valence-corrected chi connectivity index (χ4v) is 1.90. The fourth-order valence-electron chi connectivity index (χ4n) is 1.90. The van der Waals surface area contributed by atoms with Crippen LogP contribution in [-0.2, 0) is 14.3 Å². The third-order valence-electron chi connectivity index (χ3n) is 3.21. The van der Waals surface area contributed by atoms with Gasteiger partial charge in [0.15, 0.2) is 0 Å². The highest BCUT2D eigenvalue weighted by molar-refractivity contribution is 6.02. The van der Waals surface area contributed by atoms with Gasteiger partial charge in [0, 0.05) is 12.5 Å². The van der Waals surface area contributed by atoms with E-state index in [1.807, 2.05) is 0 Å². The molecule has 0 amide bonds. The quantitative estimate of drug-likeness (QED) is 0.447. The molecule has 124 valence electrons. The number of hydrogen-bond donors (Lipinski definition) is 2. The second-order valence-electron chi connectivity index (χ2n) is 4.71. The molecule has 0 spiro atoms. The van der Waals surface area contributed by atoms with Crippen molar-refractivity contribution in [3.05, 3.63) is 48.0 Å². The molecule has 1 aromatic rings. The number of ether oxygens (including phenoxy) is 2. The van der Waals surface area contributed by atoms with Crippen LogP contribution in [0.1, 0.15) is 41.0 Å². The number of rotatable bonds is 7. The molecule has 7 heteroatoms. The van der Waals surface area contributed by atoms with Crippen molar-refractivity contribution in [3.8, 4) is 0 Å². The maximum Gasteiger partial charge on any atom is 0.342 e. The average Bonchev–Trinajstić information content (AvgIpc) is 2.53. The van der Waals surface area contributed by atoms with Crippen LogP contribution in [0.5, 0.6) is 0 Å². The van der Waals surface area contributed by atoms with Gasteiger partial charge in [0.25, 0.3) is 5.79 Å². The lowest BCUT2D eigenvalue weighted by molar-refractivity contribution is -0.240. The number of benzene rings is 1. The standard InChI is InChI=1S/C16H18O7/c1-4-13(18)22-16(5-2,10(3)17)23-15(21)12-9-7-6-8-11(12)14(19)20/h4,6-10,17H,1,5H2,2-3H3,(H,19,20). The smallest absolute Gasteiger partial charge is 0.342 e. The minimum Gasteiger partial charge on any atom is -0.478 e. The molecule has 0 saturated carbocycles. The molecule has 2 unspecified atom stereocenters. The lowest BCUT2D eigenvalue weighted by Gasteiger charge is -2.33. The van der Waals surface area contributed by atoms with Gasteiger partial charge in [-0.25, -0.2) is 14.4 Å². The van der Waals surface area contributed by atoms with E-state index in [4.69, 9.17) is 14.6 Å². The van der Waals surface area contributed by atoms with Crippen molar-refractivity contribution in [2.75, 3.05) is 0 Å². The Morgan fingerprint density at radius 2 is 1.83 bits per heavy atom. The number of aliphatic hydroxyl groups is 1. The largest absolute Gasteiger partial charge is 0.478 e. The van der Waals surface area contributed by atoms with Crippen LogP contribution < -0.4 is 0 Å². The molecule has 2 N–H and O–H groups in total. The fraction of sp³-hybridized carbons (Fsp3) is 0.312. The molecule has 23 heavy (non-hydrogen) atoms. The van der Waals surface area contributed by atoms with E-state index in [9.17, 15) is 19.5 Å². The highest BCUT2D eigenvalue weighted by Gasteiger charge is 2.42. The van der Waals surface area contributed by atoms with Crippen LogP contribution in [0.3, 0.4) is 0 Å².